The molecule has 11 heteroatoms. The Hall–Kier alpha value is -3.99. The van der Waals surface area contributed by atoms with E-state index in [1.54, 1.807) is 0 Å². The highest BCUT2D eigenvalue weighted by Crippen LogP contribution is 2.40. The van der Waals surface area contributed by atoms with Crippen molar-refractivity contribution in [1.82, 2.24) is 29.1 Å². The molecule has 3 heterocycles. The van der Waals surface area contributed by atoms with Crippen LogP contribution in [0.3, 0.4) is 0 Å². The predicted octanol–water partition coefficient (Wildman–Crippen LogP) is 3.29. The molecule has 2 N–H and O–H groups in total. The number of halogens is 3. The van der Waals surface area contributed by atoms with Crippen molar-refractivity contribution in [2.24, 2.45) is 0 Å². The van der Waals surface area contributed by atoms with Crippen LogP contribution in [0.1, 0.15) is 36.1 Å². The van der Waals surface area contributed by atoms with Gasteiger partial charge in [0.1, 0.15) is 29.3 Å². The molecular formula is C22H15F3N6O2. The van der Waals surface area contributed by atoms with Crippen molar-refractivity contribution >= 4 is 22.2 Å². The van der Waals surface area contributed by atoms with Gasteiger partial charge in [0.25, 0.3) is 0 Å². The Kier molecular flexibility index (Phi) is 4.18. The van der Waals surface area contributed by atoms with E-state index in [2.05, 4.69) is 19.9 Å². The molecule has 2 aromatic carbocycles. The first-order valence-corrected chi connectivity index (χ1v) is 10.2. The number of nitrogens with one attached hydrogen (secondary N) is 1. The summed E-state index contributed by atoms with van der Waals surface area (Å²) >= 11 is 0. The summed E-state index contributed by atoms with van der Waals surface area (Å²) in [5.74, 6) is -1.98. The van der Waals surface area contributed by atoms with Crippen molar-refractivity contribution in [2.45, 2.75) is 25.0 Å². The summed E-state index contributed by atoms with van der Waals surface area (Å²) in [5, 5.41) is 10.3. The number of aliphatic hydroxyl groups excluding tert-OH is 1. The minimum absolute atomic E-state index is 0.0285. The third-order valence-corrected chi connectivity index (χ3v) is 6.01. The first-order chi connectivity index (χ1) is 15.9. The number of H-pyrrole nitrogens is 1. The fourth-order valence-electron chi connectivity index (χ4n) is 4.57. The summed E-state index contributed by atoms with van der Waals surface area (Å²) in [4.78, 5) is 28.5. The van der Waals surface area contributed by atoms with E-state index in [0.29, 0.717) is 22.6 Å². The summed E-state index contributed by atoms with van der Waals surface area (Å²) in [5.41, 5.74) is 1.13. The third kappa shape index (κ3) is 2.96. The van der Waals surface area contributed by atoms with Gasteiger partial charge in [-0.2, -0.15) is 4.98 Å². The number of hydrogen-bond donors (Lipinski definition) is 2. The Labute approximate surface area is 183 Å². The van der Waals surface area contributed by atoms with Crippen LogP contribution in [0, 0.1) is 17.5 Å². The van der Waals surface area contributed by atoms with E-state index >= 15 is 0 Å². The van der Waals surface area contributed by atoms with E-state index in [4.69, 9.17) is 0 Å². The number of aromatic amines is 1. The highest BCUT2D eigenvalue weighted by molar-refractivity contribution is 5.77. The van der Waals surface area contributed by atoms with Gasteiger partial charge >= 0.3 is 5.69 Å². The van der Waals surface area contributed by atoms with E-state index in [9.17, 15) is 23.1 Å². The molecule has 3 aromatic heterocycles. The second-order valence-electron chi connectivity index (χ2n) is 7.95. The Morgan fingerprint density at radius 3 is 2.76 bits per heavy atom. The number of rotatable bonds is 2. The number of imidazole rings is 2. The van der Waals surface area contributed by atoms with Gasteiger partial charge in [0.15, 0.2) is 5.65 Å². The molecule has 8 nitrogen and oxygen atoms in total. The lowest BCUT2D eigenvalue weighted by Crippen LogP contribution is -2.28. The van der Waals surface area contributed by atoms with Gasteiger partial charge in [-0.15, -0.1) is 0 Å². The van der Waals surface area contributed by atoms with E-state index in [-0.39, 0.29) is 35.6 Å². The van der Waals surface area contributed by atoms with Crippen molar-refractivity contribution in [3.63, 3.8) is 0 Å². The molecule has 1 aliphatic rings. The van der Waals surface area contributed by atoms with Gasteiger partial charge in [0.2, 0.25) is 5.95 Å². The number of aliphatic hydroxyl groups is 1. The highest BCUT2D eigenvalue weighted by Gasteiger charge is 2.33. The second-order valence-corrected chi connectivity index (χ2v) is 7.95. The number of hydrogen-bond acceptors (Lipinski definition) is 5. The topological polar surface area (TPSA) is 102 Å². The van der Waals surface area contributed by atoms with E-state index in [1.165, 1.54) is 39.9 Å². The molecule has 33 heavy (non-hydrogen) atoms. The number of fused-ring (bicyclic) bond motifs is 3. The molecule has 166 valence electrons. The summed E-state index contributed by atoms with van der Waals surface area (Å²) in [6.07, 6.45) is 2.20. The Bertz CT molecular complexity index is 1620. The monoisotopic (exact) mass is 452 g/mol. The van der Waals surface area contributed by atoms with Crippen LogP contribution in [0.4, 0.5) is 13.2 Å². The van der Waals surface area contributed by atoms with Gasteiger partial charge in [-0.1, -0.05) is 0 Å². The maximum absolute atomic E-state index is 14.5. The Balaban J connectivity index is 1.57. The minimum atomic E-state index is -1.10. The largest absolute Gasteiger partial charge is 0.388 e. The van der Waals surface area contributed by atoms with Crippen molar-refractivity contribution in [3.8, 4) is 5.95 Å². The smallest absolute Gasteiger partial charge is 0.328 e. The predicted molar refractivity (Wildman–Crippen MR) is 111 cm³/mol. The molecule has 0 aliphatic heterocycles. The zero-order valence-corrected chi connectivity index (χ0v) is 16.8. The SMILES string of the molecule is O=c1[nH]c2cnc(-n3cnc4ccc(F)cc43)nc2n1[C@@H]1CC[C@@H](O)c2c(F)cc(F)cc21. The maximum atomic E-state index is 14.5. The standard InChI is InChI=1S/C22H15F3N6O2/c23-10-1-2-14-17(7-10)30(9-27-14)21-26-8-15-20(29-21)31(22(33)28-15)16-3-4-18(32)19-12(16)5-11(24)6-13(19)25/h1-2,5-9,16,18,32H,3-4H2,(H,28,33)/t16-,18-/m1/s1. The van der Waals surface area contributed by atoms with Crippen LogP contribution in [-0.4, -0.2) is 34.2 Å². The van der Waals surface area contributed by atoms with Crippen molar-refractivity contribution in [3.05, 3.63) is 81.9 Å². The molecule has 0 saturated heterocycles. The first-order valence-electron chi connectivity index (χ1n) is 10.2. The lowest BCUT2D eigenvalue weighted by molar-refractivity contribution is 0.142. The van der Waals surface area contributed by atoms with Gasteiger partial charge in [-0.3, -0.25) is 9.13 Å². The molecule has 1 aliphatic carbocycles. The molecule has 5 aromatic rings. The van der Waals surface area contributed by atoms with Crippen LogP contribution < -0.4 is 5.69 Å². The van der Waals surface area contributed by atoms with Crippen molar-refractivity contribution < 1.29 is 18.3 Å². The molecule has 0 saturated carbocycles. The zero-order chi connectivity index (χ0) is 22.9. The second kappa shape index (κ2) is 7.01. The quantitative estimate of drug-likeness (QED) is 0.428. The fraction of sp³-hybridized carbons (Fsp3) is 0.182. The maximum Gasteiger partial charge on any atom is 0.328 e. The Morgan fingerprint density at radius 2 is 1.91 bits per heavy atom. The van der Waals surface area contributed by atoms with Crippen LogP contribution in [0.5, 0.6) is 0 Å². The number of benzene rings is 2. The van der Waals surface area contributed by atoms with Crippen LogP contribution in [-0.2, 0) is 0 Å². The van der Waals surface area contributed by atoms with E-state index in [0.717, 1.165) is 6.07 Å². The minimum Gasteiger partial charge on any atom is -0.388 e. The average molecular weight is 452 g/mol. The van der Waals surface area contributed by atoms with Crippen LogP contribution in [0.15, 0.2) is 47.7 Å². The van der Waals surface area contributed by atoms with Gasteiger partial charge in [0.05, 0.1) is 29.4 Å². The Morgan fingerprint density at radius 1 is 1.06 bits per heavy atom. The molecule has 0 radical (unpaired) electrons. The summed E-state index contributed by atoms with van der Waals surface area (Å²) in [7, 11) is 0. The lowest BCUT2D eigenvalue weighted by atomic mass is 9.85. The zero-order valence-electron chi connectivity index (χ0n) is 16.8. The van der Waals surface area contributed by atoms with Crippen molar-refractivity contribution in [2.75, 3.05) is 0 Å². The third-order valence-electron chi connectivity index (χ3n) is 6.01. The van der Waals surface area contributed by atoms with Gasteiger partial charge in [-0.25, -0.2) is 27.9 Å². The molecule has 0 bridgehead atoms. The summed E-state index contributed by atoms with van der Waals surface area (Å²) in [6.45, 7) is 0. The summed E-state index contributed by atoms with van der Waals surface area (Å²) < 4.78 is 45.1. The summed E-state index contributed by atoms with van der Waals surface area (Å²) in [6, 6.07) is 5.20. The van der Waals surface area contributed by atoms with Gasteiger partial charge in [-0.05, 0) is 36.6 Å². The van der Waals surface area contributed by atoms with Gasteiger partial charge < -0.3 is 10.1 Å². The number of aromatic nitrogens is 6. The lowest BCUT2D eigenvalue weighted by Gasteiger charge is -2.29. The molecule has 0 amide bonds. The van der Waals surface area contributed by atoms with E-state index in [1.807, 2.05) is 0 Å². The molecule has 0 fully saturated rings. The van der Waals surface area contributed by atoms with Gasteiger partial charge in [0, 0.05) is 17.7 Å². The molecule has 0 spiro atoms. The number of nitrogens with zero attached hydrogens (tertiary/aromatic N) is 5. The molecular weight excluding hydrogens is 437 g/mol. The molecule has 6 rings (SSSR count). The van der Waals surface area contributed by atoms with Crippen LogP contribution in [0.2, 0.25) is 0 Å². The average Bonchev–Trinajstić information content (AvgIpc) is 3.33. The van der Waals surface area contributed by atoms with Crippen LogP contribution in [0.25, 0.3) is 28.1 Å². The fourth-order valence-corrected chi connectivity index (χ4v) is 4.57. The highest BCUT2D eigenvalue weighted by atomic mass is 19.1. The van der Waals surface area contributed by atoms with E-state index < -0.39 is 35.3 Å². The molecule has 2 atom stereocenters. The van der Waals surface area contributed by atoms with Crippen molar-refractivity contribution in [1.29, 1.82) is 0 Å². The van der Waals surface area contributed by atoms with Crippen LogP contribution >= 0.6 is 0 Å². The first kappa shape index (κ1) is 19.7. The normalized spacial score (nSPS) is 18.2. The molecule has 0 unspecified atom stereocenters.